The Balaban J connectivity index is 0.000000247. The van der Waals surface area contributed by atoms with Crippen LogP contribution in [0.3, 0.4) is 0 Å². The second-order valence-electron chi connectivity index (χ2n) is 4.94. The van der Waals surface area contributed by atoms with Gasteiger partial charge in [0.05, 0.1) is 12.7 Å². The highest BCUT2D eigenvalue weighted by Gasteiger charge is 2.18. The Labute approximate surface area is 121 Å². The van der Waals surface area contributed by atoms with Gasteiger partial charge in [-0.15, -0.1) is 0 Å². The fourth-order valence-electron chi connectivity index (χ4n) is 1.85. The van der Waals surface area contributed by atoms with Gasteiger partial charge in [-0.3, -0.25) is 0 Å². The van der Waals surface area contributed by atoms with Crippen LogP contribution in [0.5, 0.6) is 0 Å². The molecule has 1 heterocycles. The Morgan fingerprint density at radius 2 is 1.35 bits per heavy atom. The zero-order valence-electron chi connectivity index (χ0n) is 12.1. The molecule has 1 aliphatic heterocycles. The molecule has 1 atom stereocenters. The average Bonchev–Trinajstić information content (AvgIpc) is 3.34. The van der Waals surface area contributed by atoms with E-state index in [0.29, 0.717) is 6.10 Å². The van der Waals surface area contributed by atoms with Crippen molar-refractivity contribution in [2.75, 3.05) is 6.61 Å². The molecule has 0 aliphatic carbocycles. The highest BCUT2D eigenvalue weighted by molar-refractivity contribution is 5.16. The molecule has 1 aliphatic rings. The second-order valence-corrected chi connectivity index (χ2v) is 4.94. The molecule has 1 saturated heterocycles. The minimum atomic E-state index is 0.634. The van der Waals surface area contributed by atoms with Crippen molar-refractivity contribution < 1.29 is 4.74 Å². The second kappa shape index (κ2) is 8.51. The van der Waals surface area contributed by atoms with Crippen LogP contribution in [-0.2, 0) is 17.8 Å². The summed E-state index contributed by atoms with van der Waals surface area (Å²) in [7, 11) is 0. The van der Waals surface area contributed by atoms with Gasteiger partial charge in [-0.2, -0.15) is 0 Å². The summed E-state index contributed by atoms with van der Waals surface area (Å²) in [5.74, 6) is 0. The van der Waals surface area contributed by atoms with Gasteiger partial charge in [0.1, 0.15) is 0 Å². The van der Waals surface area contributed by atoms with Crippen molar-refractivity contribution in [2.24, 2.45) is 0 Å². The lowest BCUT2D eigenvalue weighted by Gasteiger charge is -2.04. The van der Waals surface area contributed by atoms with E-state index in [9.17, 15) is 0 Å². The van der Waals surface area contributed by atoms with Crippen LogP contribution in [0.15, 0.2) is 60.7 Å². The number of nitrogens with one attached hydrogen (secondary N) is 1. The maximum absolute atomic E-state index is 4.86. The summed E-state index contributed by atoms with van der Waals surface area (Å²) in [4.78, 5) is 0. The third-order valence-electron chi connectivity index (χ3n) is 3.20. The standard InChI is InChI=1S/C14H15N.C4H8O/c1-3-7-13(8-4-1)11-15-12-14-9-5-2-6-10-14;1-2-4-3-5-4/h1-10,15H,11-12H2;4H,2-3H2,1H3. The smallest absolute Gasteiger partial charge is 0.0807 e. The number of ether oxygens (including phenoxy) is 1. The van der Waals surface area contributed by atoms with Crippen molar-refractivity contribution in [3.05, 3.63) is 71.8 Å². The molecule has 2 nitrogen and oxygen atoms in total. The van der Waals surface area contributed by atoms with Gasteiger partial charge in [0.2, 0.25) is 0 Å². The first kappa shape index (κ1) is 14.8. The predicted molar refractivity (Wildman–Crippen MR) is 83.5 cm³/mol. The average molecular weight is 269 g/mol. The topological polar surface area (TPSA) is 24.6 Å². The van der Waals surface area contributed by atoms with Gasteiger partial charge in [-0.1, -0.05) is 67.6 Å². The molecule has 0 spiro atoms. The molecule has 1 unspecified atom stereocenters. The van der Waals surface area contributed by atoms with Crippen molar-refractivity contribution >= 4 is 0 Å². The third kappa shape index (κ3) is 6.00. The molecule has 0 radical (unpaired) electrons. The summed E-state index contributed by atoms with van der Waals surface area (Å²) in [5.41, 5.74) is 2.65. The zero-order valence-corrected chi connectivity index (χ0v) is 12.1. The Morgan fingerprint density at radius 1 is 0.900 bits per heavy atom. The van der Waals surface area contributed by atoms with E-state index in [2.05, 4.69) is 60.8 Å². The van der Waals surface area contributed by atoms with Crippen molar-refractivity contribution in [3.63, 3.8) is 0 Å². The Bertz CT molecular complexity index is 426. The minimum absolute atomic E-state index is 0.634. The summed E-state index contributed by atoms with van der Waals surface area (Å²) < 4.78 is 4.86. The molecule has 3 rings (SSSR count). The van der Waals surface area contributed by atoms with Gasteiger partial charge in [-0.05, 0) is 17.5 Å². The van der Waals surface area contributed by atoms with E-state index < -0.39 is 0 Å². The lowest BCUT2D eigenvalue weighted by Crippen LogP contribution is -2.12. The highest BCUT2D eigenvalue weighted by Crippen LogP contribution is 2.10. The van der Waals surface area contributed by atoms with Gasteiger partial charge in [0.25, 0.3) is 0 Å². The lowest BCUT2D eigenvalue weighted by atomic mass is 10.2. The molecule has 0 amide bonds. The summed E-state index contributed by atoms with van der Waals surface area (Å²) in [6.07, 6.45) is 1.83. The molecular weight excluding hydrogens is 246 g/mol. The Kier molecular flexibility index (Phi) is 6.28. The maximum atomic E-state index is 4.86. The molecule has 0 aromatic heterocycles. The third-order valence-corrected chi connectivity index (χ3v) is 3.20. The van der Waals surface area contributed by atoms with Crippen LogP contribution in [0.25, 0.3) is 0 Å². The van der Waals surface area contributed by atoms with Crippen molar-refractivity contribution in [1.29, 1.82) is 0 Å². The summed E-state index contributed by atoms with van der Waals surface area (Å²) in [6.45, 7) is 5.00. The molecule has 1 N–H and O–H groups in total. The van der Waals surface area contributed by atoms with E-state index >= 15 is 0 Å². The van der Waals surface area contributed by atoms with Crippen LogP contribution in [0.1, 0.15) is 24.5 Å². The number of hydrogen-bond acceptors (Lipinski definition) is 2. The van der Waals surface area contributed by atoms with Crippen molar-refractivity contribution in [1.82, 2.24) is 5.32 Å². The van der Waals surface area contributed by atoms with E-state index in [1.807, 2.05) is 12.1 Å². The van der Waals surface area contributed by atoms with Gasteiger partial charge in [0, 0.05) is 13.1 Å². The van der Waals surface area contributed by atoms with E-state index in [1.54, 1.807) is 0 Å². The summed E-state index contributed by atoms with van der Waals surface area (Å²) in [5, 5.41) is 3.42. The van der Waals surface area contributed by atoms with Gasteiger partial charge in [-0.25, -0.2) is 0 Å². The first-order valence-electron chi connectivity index (χ1n) is 7.28. The zero-order chi connectivity index (χ0) is 14.0. The van der Waals surface area contributed by atoms with Crippen LogP contribution < -0.4 is 5.32 Å². The van der Waals surface area contributed by atoms with Crippen LogP contribution >= 0.6 is 0 Å². The lowest BCUT2D eigenvalue weighted by molar-refractivity contribution is 0.403. The Hall–Kier alpha value is -1.64. The van der Waals surface area contributed by atoms with Gasteiger partial charge in [0.15, 0.2) is 0 Å². The van der Waals surface area contributed by atoms with Crippen molar-refractivity contribution in [3.8, 4) is 0 Å². The molecule has 2 aromatic carbocycles. The largest absolute Gasteiger partial charge is 0.373 e. The highest BCUT2D eigenvalue weighted by atomic mass is 16.6. The maximum Gasteiger partial charge on any atom is 0.0807 e. The summed E-state index contributed by atoms with van der Waals surface area (Å²) >= 11 is 0. The first-order valence-corrected chi connectivity index (χ1v) is 7.28. The summed E-state index contributed by atoms with van der Waals surface area (Å²) in [6, 6.07) is 20.9. The van der Waals surface area contributed by atoms with Crippen LogP contribution in [0.2, 0.25) is 0 Å². The number of hydrogen-bond donors (Lipinski definition) is 1. The van der Waals surface area contributed by atoms with E-state index in [-0.39, 0.29) is 0 Å². The molecule has 106 valence electrons. The molecular formula is C18H23NO. The number of rotatable bonds is 5. The SMILES string of the molecule is CCC1CO1.c1ccc(CNCc2ccccc2)cc1. The monoisotopic (exact) mass is 269 g/mol. The van der Waals surface area contributed by atoms with E-state index in [4.69, 9.17) is 4.74 Å². The minimum Gasteiger partial charge on any atom is -0.373 e. The quantitative estimate of drug-likeness (QED) is 0.836. The molecule has 20 heavy (non-hydrogen) atoms. The number of epoxide rings is 1. The molecule has 0 bridgehead atoms. The van der Waals surface area contributed by atoms with Gasteiger partial charge < -0.3 is 10.1 Å². The fraction of sp³-hybridized carbons (Fsp3) is 0.333. The first-order chi connectivity index (χ1) is 9.88. The molecule has 2 aromatic rings. The van der Waals surface area contributed by atoms with Crippen LogP contribution in [-0.4, -0.2) is 12.7 Å². The van der Waals surface area contributed by atoms with Crippen molar-refractivity contribution in [2.45, 2.75) is 32.5 Å². The normalized spacial score (nSPS) is 16.1. The van der Waals surface area contributed by atoms with E-state index in [1.165, 1.54) is 17.5 Å². The van der Waals surface area contributed by atoms with Crippen LogP contribution in [0.4, 0.5) is 0 Å². The molecule has 2 heteroatoms. The predicted octanol–water partition coefficient (Wildman–Crippen LogP) is 3.77. The fourth-order valence-corrected chi connectivity index (χ4v) is 1.85. The molecule has 0 saturated carbocycles. The number of benzene rings is 2. The van der Waals surface area contributed by atoms with Crippen LogP contribution in [0, 0.1) is 0 Å². The van der Waals surface area contributed by atoms with Gasteiger partial charge >= 0.3 is 0 Å². The van der Waals surface area contributed by atoms with E-state index in [0.717, 1.165) is 19.7 Å². The Morgan fingerprint density at radius 3 is 1.65 bits per heavy atom. The molecule has 1 fully saturated rings.